The third-order valence-electron chi connectivity index (χ3n) is 6.12. The number of nitrogens with one attached hydrogen (secondary N) is 1. The van der Waals surface area contributed by atoms with Crippen LogP contribution in [0.25, 0.3) is 0 Å². The Morgan fingerprint density at radius 2 is 1.75 bits per heavy atom. The van der Waals surface area contributed by atoms with Crippen LogP contribution in [0.2, 0.25) is 0 Å². The van der Waals surface area contributed by atoms with Gasteiger partial charge in [-0.1, -0.05) is 12.1 Å². The van der Waals surface area contributed by atoms with Crippen LogP contribution in [0.3, 0.4) is 0 Å². The fraction of sp³-hybridized carbons (Fsp3) is 0.632. The van der Waals surface area contributed by atoms with Crippen LogP contribution in [-0.2, 0) is 21.3 Å². The van der Waals surface area contributed by atoms with Gasteiger partial charge in [-0.25, -0.2) is 12.7 Å². The van der Waals surface area contributed by atoms with Gasteiger partial charge in [-0.15, -0.1) is 24.0 Å². The number of benzene rings is 1. The van der Waals surface area contributed by atoms with E-state index < -0.39 is 10.0 Å². The molecule has 1 aromatic carbocycles. The minimum atomic E-state index is -3.39. The highest BCUT2D eigenvalue weighted by molar-refractivity contribution is 14.0. The van der Waals surface area contributed by atoms with Crippen molar-refractivity contribution in [2.75, 3.05) is 34.2 Å². The number of guanidine groups is 1. The number of ether oxygens (including phenoxy) is 1. The molecule has 0 spiro atoms. The predicted molar refractivity (Wildman–Crippen MR) is 119 cm³/mol. The molecule has 3 saturated heterocycles. The lowest BCUT2D eigenvalue weighted by molar-refractivity contribution is 0.0767. The molecule has 3 heterocycles. The summed E-state index contributed by atoms with van der Waals surface area (Å²) in [5.41, 5.74) is 1.02. The number of halogens is 1. The van der Waals surface area contributed by atoms with Gasteiger partial charge >= 0.3 is 0 Å². The fourth-order valence-corrected chi connectivity index (χ4v) is 5.54. The molecule has 9 heteroatoms. The quantitative estimate of drug-likeness (QED) is 0.372. The van der Waals surface area contributed by atoms with Gasteiger partial charge in [-0.3, -0.25) is 4.99 Å². The van der Waals surface area contributed by atoms with Crippen LogP contribution in [0.4, 0.5) is 0 Å². The molecule has 3 fully saturated rings. The molecule has 4 unspecified atom stereocenters. The molecule has 0 saturated carbocycles. The fourth-order valence-electron chi connectivity index (χ4n) is 4.64. The van der Waals surface area contributed by atoms with Gasteiger partial charge in [0.2, 0.25) is 10.0 Å². The van der Waals surface area contributed by atoms with Gasteiger partial charge in [0.25, 0.3) is 0 Å². The Morgan fingerprint density at radius 1 is 1.18 bits per heavy atom. The molecule has 7 nitrogen and oxygen atoms in total. The Morgan fingerprint density at radius 3 is 2.25 bits per heavy atom. The largest absolute Gasteiger partial charge is 0.374 e. The van der Waals surface area contributed by atoms with Crippen LogP contribution in [0.5, 0.6) is 0 Å². The maximum atomic E-state index is 12.2. The van der Waals surface area contributed by atoms with Gasteiger partial charge < -0.3 is 15.0 Å². The van der Waals surface area contributed by atoms with Crippen molar-refractivity contribution in [3.63, 3.8) is 0 Å². The molecule has 1 aromatic rings. The Hall–Kier alpha value is -0.910. The first-order valence-electron chi connectivity index (χ1n) is 9.52. The van der Waals surface area contributed by atoms with Crippen LogP contribution < -0.4 is 5.32 Å². The van der Waals surface area contributed by atoms with E-state index in [1.54, 1.807) is 12.1 Å². The number of rotatable bonds is 4. The van der Waals surface area contributed by atoms with E-state index >= 15 is 0 Å². The molecule has 156 valence electrons. The molecule has 0 aliphatic carbocycles. The van der Waals surface area contributed by atoms with Crippen molar-refractivity contribution < 1.29 is 13.2 Å². The number of hydrogen-bond donors (Lipinski definition) is 1. The number of fused-ring (bicyclic) bond motifs is 5. The first kappa shape index (κ1) is 21.8. The van der Waals surface area contributed by atoms with Crippen LogP contribution in [-0.4, -0.2) is 70.0 Å². The molecule has 1 N–H and O–H groups in total. The summed E-state index contributed by atoms with van der Waals surface area (Å²) in [6.07, 6.45) is 3.28. The van der Waals surface area contributed by atoms with Gasteiger partial charge in [0.1, 0.15) is 0 Å². The molecule has 4 atom stereocenters. The zero-order valence-electron chi connectivity index (χ0n) is 16.5. The van der Waals surface area contributed by atoms with Crippen LogP contribution in [0, 0.1) is 11.8 Å². The number of aliphatic imine (C=N–C) groups is 1. The second-order valence-corrected chi connectivity index (χ2v) is 10.0. The van der Waals surface area contributed by atoms with E-state index in [2.05, 4.69) is 15.2 Å². The number of hydrogen-bond acceptors (Lipinski definition) is 4. The van der Waals surface area contributed by atoms with Crippen molar-refractivity contribution in [1.29, 1.82) is 0 Å². The molecule has 3 aliphatic heterocycles. The molecule has 3 aliphatic rings. The summed E-state index contributed by atoms with van der Waals surface area (Å²) in [6.45, 7) is 2.63. The molecule has 4 rings (SSSR count). The van der Waals surface area contributed by atoms with Crippen molar-refractivity contribution in [3.05, 3.63) is 29.8 Å². The van der Waals surface area contributed by atoms with E-state index in [0.29, 0.717) is 35.5 Å². The Kier molecular flexibility index (Phi) is 6.58. The lowest BCUT2D eigenvalue weighted by Gasteiger charge is -2.23. The highest BCUT2D eigenvalue weighted by Crippen LogP contribution is 2.47. The summed E-state index contributed by atoms with van der Waals surface area (Å²) in [7, 11) is 1.51. The van der Waals surface area contributed by atoms with Gasteiger partial charge in [-0.05, 0) is 30.5 Å². The summed E-state index contributed by atoms with van der Waals surface area (Å²) in [6, 6.07) is 7.02. The maximum Gasteiger partial charge on any atom is 0.242 e. The summed E-state index contributed by atoms with van der Waals surface area (Å²) >= 11 is 0. The Balaban J connectivity index is 0.00000225. The minimum Gasteiger partial charge on any atom is -0.374 e. The van der Waals surface area contributed by atoms with Crippen molar-refractivity contribution in [3.8, 4) is 0 Å². The maximum absolute atomic E-state index is 12.2. The molecule has 28 heavy (non-hydrogen) atoms. The van der Waals surface area contributed by atoms with Crippen LogP contribution in [0.15, 0.2) is 34.2 Å². The molecular formula is C19H29IN4O3S. The SMILES string of the molecule is CN=C(NCc1ccc(S(=O)(=O)N(C)C)cc1)N1CC2C3CCC(O3)C2C1.I. The van der Waals surface area contributed by atoms with Crippen molar-refractivity contribution in [2.24, 2.45) is 16.8 Å². The second-order valence-electron chi connectivity index (χ2n) is 7.86. The molecule has 0 radical (unpaired) electrons. The lowest BCUT2D eigenvalue weighted by atomic mass is 9.82. The number of sulfonamides is 1. The standard InChI is InChI=1S/C19H28N4O3S.HI/c1-20-19(23-11-15-16(12-23)18-9-8-17(15)26-18)21-10-13-4-6-14(7-5-13)27(24,25)22(2)3;/h4-7,15-18H,8-12H2,1-3H3,(H,20,21);1H. The number of likely N-dealkylation sites (tertiary alicyclic amines) is 1. The second kappa shape index (κ2) is 8.45. The van der Waals surface area contributed by atoms with E-state index in [9.17, 15) is 8.42 Å². The normalized spacial score (nSPS) is 29.1. The summed E-state index contributed by atoms with van der Waals surface area (Å²) in [4.78, 5) is 7.10. The van der Waals surface area contributed by atoms with Crippen molar-refractivity contribution >= 4 is 40.0 Å². The Bertz CT molecular complexity index is 810. The van der Waals surface area contributed by atoms with Crippen LogP contribution >= 0.6 is 24.0 Å². The first-order valence-corrected chi connectivity index (χ1v) is 11.0. The van der Waals surface area contributed by atoms with Crippen molar-refractivity contribution in [1.82, 2.24) is 14.5 Å². The van der Waals surface area contributed by atoms with Gasteiger partial charge in [0.05, 0.1) is 17.1 Å². The van der Waals surface area contributed by atoms with Gasteiger partial charge in [0.15, 0.2) is 5.96 Å². The zero-order chi connectivity index (χ0) is 19.2. The molecule has 0 amide bonds. The lowest BCUT2D eigenvalue weighted by Crippen LogP contribution is -2.41. The Labute approximate surface area is 184 Å². The zero-order valence-corrected chi connectivity index (χ0v) is 19.7. The average molecular weight is 520 g/mol. The smallest absolute Gasteiger partial charge is 0.242 e. The summed E-state index contributed by atoms with van der Waals surface area (Å²) in [5.74, 6) is 2.18. The monoisotopic (exact) mass is 520 g/mol. The number of nitrogens with zero attached hydrogens (tertiary/aromatic N) is 3. The average Bonchev–Trinajstić information content (AvgIpc) is 3.36. The third-order valence-corrected chi connectivity index (χ3v) is 7.95. The van der Waals surface area contributed by atoms with Crippen molar-refractivity contribution in [2.45, 2.75) is 36.5 Å². The molecular weight excluding hydrogens is 491 g/mol. The molecule has 0 aromatic heterocycles. The van der Waals surface area contributed by atoms with E-state index in [-0.39, 0.29) is 24.0 Å². The summed E-state index contributed by atoms with van der Waals surface area (Å²) < 4.78 is 31.6. The highest BCUT2D eigenvalue weighted by atomic mass is 127. The third kappa shape index (κ3) is 3.90. The van der Waals surface area contributed by atoms with E-state index in [0.717, 1.165) is 24.6 Å². The van der Waals surface area contributed by atoms with Gasteiger partial charge in [0, 0.05) is 52.6 Å². The predicted octanol–water partition coefficient (Wildman–Crippen LogP) is 1.74. The van der Waals surface area contributed by atoms with E-state index in [4.69, 9.17) is 4.74 Å². The summed E-state index contributed by atoms with van der Waals surface area (Å²) in [5, 5.41) is 3.42. The molecule has 2 bridgehead atoms. The van der Waals surface area contributed by atoms with Gasteiger partial charge in [-0.2, -0.15) is 0 Å². The first-order chi connectivity index (χ1) is 12.9. The highest BCUT2D eigenvalue weighted by Gasteiger charge is 2.53. The van der Waals surface area contributed by atoms with Crippen LogP contribution in [0.1, 0.15) is 18.4 Å². The topological polar surface area (TPSA) is 74.2 Å². The van der Waals surface area contributed by atoms with E-state index in [1.807, 2.05) is 19.2 Å². The minimum absolute atomic E-state index is 0. The van der Waals surface area contributed by atoms with E-state index in [1.165, 1.54) is 31.2 Å².